The molecule has 1 aliphatic heterocycles. The molecule has 1 amide bonds. The van der Waals surface area contributed by atoms with E-state index in [-0.39, 0.29) is 36.5 Å². The third-order valence-electron chi connectivity index (χ3n) is 3.76. The lowest BCUT2D eigenvalue weighted by molar-refractivity contribution is -0.136. The number of nitrogens with one attached hydrogen (secondary N) is 1. The molecule has 1 heterocycles. The summed E-state index contributed by atoms with van der Waals surface area (Å²) < 4.78 is 5.25. The van der Waals surface area contributed by atoms with Gasteiger partial charge in [0.2, 0.25) is 0 Å². The molecule has 0 radical (unpaired) electrons. The first kappa shape index (κ1) is 18.9. The number of carbonyl (C=O) groups excluding carboxylic acids is 2. The summed E-state index contributed by atoms with van der Waals surface area (Å²) in [5.74, 6) is -2.24. The molecule has 3 N–H and O–H groups in total. The predicted octanol–water partition coefficient (Wildman–Crippen LogP) is 1.13. The first-order chi connectivity index (χ1) is 11.8. The smallest absolute Gasteiger partial charge is 0.337 e. The zero-order valence-electron chi connectivity index (χ0n) is 13.6. The monoisotopic (exact) mass is 412 g/mol. The van der Waals surface area contributed by atoms with Gasteiger partial charge in [-0.25, -0.2) is 9.59 Å². The molecule has 1 aromatic carbocycles. The number of aryl methyl sites for hydroxylation is 1. The first-order valence-electron chi connectivity index (χ1n) is 7.32. The van der Waals surface area contributed by atoms with Crippen LogP contribution < -0.4 is 5.32 Å². The second-order valence-corrected chi connectivity index (χ2v) is 6.23. The molecule has 134 valence electrons. The van der Waals surface area contributed by atoms with E-state index in [1.54, 1.807) is 13.0 Å². The van der Waals surface area contributed by atoms with Crippen LogP contribution in [0.25, 0.3) is 0 Å². The van der Waals surface area contributed by atoms with Gasteiger partial charge in [-0.05, 0) is 40.5 Å². The number of aliphatic hydroxyl groups excluding tert-OH is 1. The summed E-state index contributed by atoms with van der Waals surface area (Å²) in [5, 5.41) is 21.1. The summed E-state index contributed by atoms with van der Waals surface area (Å²) in [6.07, 6.45) is 0. The van der Waals surface area contributed by atoms with E-state index in [1.165, 1.54) is 18.1 Å². The van der Waals surface area contributed by atoms with Gasteiger partial charge in [0.05, 0.1) is 37.1 Å². The number of carbonyl (C=O) groups is 3. The largest absolute Gasteiger partial charge is 0.478 e. The molecule has 0 saturated heterocycles. The van der Waals surface area contributed by atoms with E-state index in [2.05, 4.69) is 21.2 Å². The number of anilines is 1. The molecule has 1 aliphatic rings. The number of benzene rings is 1. The minimum absolute atomic E-state index is 0.00110. The van der Waals surface area contributed by atoms with Crippen molar-refractivity contribution in [1.29, 1.82) is 0 Å². The topological polar surface area (TPSA) is 116 Å². The minimum atomic E-state index is -1.10. The van der Waals surface area contributed by atoms with Gasteiger partial charge in [0.1, 0.15) is 5.70 Å². The average Bonchev–Trinajstić information content (AvgIpc) is 2.86. The maximum absolute atomic E-state index is 12.5. The molecule has 1 aromatic rings. The molecule has 0 aliphatic carbocycles. The number of ether oxygens (including phenoxy) is 1. The van der Waals surface area contributed by atoms with Gasteiger partial charge in [-0.1, -0.05) is 0 Å². The average molecular weight is 413 g/mol. The van der Waals surface area contributed by atoms with Crippen LogP contribution in [0.5, 0.6) is 0 Å². The predicted molar refractivity (Wildman–Crippen MR) is 92.2 cm³/mol. The fraction of sp³-hybridized carbons (Fsp3) is 0.312. The van der Waals surface area contributed by atoms with Gasteiger partial charge in [-0.3, -0.25) is 4.79 Å². The summed E-state index contributed by atoms with van der Waals surface area (Å²) in [7, 11) is 1.20. The Morgan fingerprint density at radius 3 is 2.64 bits per heavy atom. The summed E-state index contributed by atoms with van der Waals surface area (Å²) in [5.41, 5.74) is 1.07. The Balaban J connectivity index is 2.45. The number of aromatic carboxylic acids is 1. The molecule has 9 heteroatoms. The van der Waals surface area contributed by atoms with Crippen LogP contribution in [0.3, 0.4) is 0 Å². The van der Waals surface area contributed by atoms with Gasteiger partial charge in [-0.15, -0.1) is 0 Å². The van der Waals surface area contributed by atoms with E-state index >= 15 is 0 Å². The number of methoxy groups -OCH3 is 1. The number of halogens is 1. The van der Waals surface area contributed by atoms with Crippen molar-refractivity contribution in [2.75, 3.05) is 32.1 Å². The second kappa shape index (κ2) is 7.66. The molecule has 0 fully saturated rings. The van der Waals surface area contributed by atoms with Crippen molar-refractivity contribution < 1.29 is 29.3 Å². The van der Waals surface area contributed by atoms with Gasteiger partial charge in [-0.2, -0.15) is 0 Å². The van der Waals surface area contributed by atoms with Crippen LogP contribution in [0.1, 0.15) is 15.9 Å². The van der Waals surface area contributed by atoms with Crippen LogP contribution in [0, 0.1) is 6.92 Å². The number of amides is 1. The summed E-state index contributed by atoms with van der Waals surface area (Å²) in [6, 6.07) is 2.99. The number of nitrogens with zero attached hydrogens (tertiary/aromatic N) is 1. The zero-order valence-corrected chi connectivity index (χ0v) is 15.2. The Morgan fingerprint density at radius 2 is 2.08 bits per heavy atom. The number of carboxylic acids is 1. The highest BCUT2D eigenvalue weighted by atomic mass is 79.9. The lowest BCUT2D eigenvalue weighted by atomic mass is 10.1. The van der Waals surface area contributed by atoms with Gasteiger partial charge >= 0.3 is 11.9 Å². The summed E-state index contributed by atoms with van der Waals surface area (Å²) in [4.78, 5) is 37.1. The highest BCUT2D eigenvalue weighted by Gasteiger charge is 2.34. The zero-order chi connectivity index (χ0) is 18.7. The molecule has 8 nitrogen and oxygen atoms in total. The highest BCUT2D eigenvalue weighted by Crippen LogP contribution is 2.30. The third-order valence-corrected chi connectivity index (χ3v) is 4.41. The van der Waals surface area contributed by atoms with Crippen molar-refractivity contribution in [2.24, 2.45) is 0 Å². The standard InChI is InChI=1S/C16H17BrN2O6/c1-8-5-11(17)12(6-9(8)15(22)23)18-13-10(16(24)25-2)7-19(3-4-20)14(13)21/h5-6,18,20H,3-4,7H2,1-2H3,(H,22,23). The van der Waals surface area contributed by atoms with Crippen molar-refractivity contribution in [3.8, 4) is 0 Å². The van der Waals surface area contributed by atoms with E-state index in [0.717, 1.165) is 0 Å². The number of hydrogen-bond donors (Lipinski definition) is 3. The minimum Gasteiger partial charge on any atom is -0.478 e. The Bertz CT molecular complexity index is 774. The van der Waals surface area contributed by atoms with Crippen LogP contribution in [0.4, 0.5) is 5.69 Å². The van der Waals surface area contributed by atoms with Crippen LogP contribution >= 0.6 is 15.9 Å². The maximum Gasteiger partial charge on any atom is 0.337 e. The van der Waals surface area contributed by atoms with Gasteiger partial charge in [0.15, 0.2) is 0 Å². The van der Waals surface area contributed by atoms with Crippen LogP contribution in [-0.2, 0) is 14.3 Å². The first-order valence-corrected chi connectivity index (χ1v) is 8.11. The number of hydrogen-bond acceptors (Lipinski definition) is 6. The number of β-amino-alcohol motifs (C(OH)–C–C–N with tert-alkyl or cyclic N) is 1. The molecule has 0 bridgehead atoms. The van der Waals surface area contributed by atoms with E-state index in [0.29, 0.717) is 15.7 Å². The molecule has 25 heavy (non-hydrogen) atoms. The van der Waals surface area contributed by atoms with Crippen LogP contribution in [0.2, 0.25) is 0 Å². The normalized spacial score (nSPS) is 14.1. The summed E-state index contributed by atoms with van der Waals surface area (Å²) >= 11 is 3.32. The number of rotatable bonds is 6. The molecule has 0 spiro atoms. The maximum atomic E-state index is 12.5. The SMILES string of the molecule is COC(=O)C1=C(Nc2cc(C(=O)O)c(C)cc2Br)C(=O)N(CCO)C1. The Kier molecular flexibility index (Phi) is 5.81. The van der Waals surface area contributed by atoms with E-state index in [1.807, 2.05) is 0 Å². The summed E-state index contributed by atoms with van der Waals surface area (Å²) in [6.45, 7) is 1.48. The Morgan fingerprint density at radius 1 is 1.40 bits per heavy atom. The molecular weight excluding hydrogens is 396 g/mol. The fourth-order valence-corrected chi connectivity index (χ4v) is 3.04. The van der Waals surface area contributed by atoms with Crippen molar-refractivity contribution in [1.82, 2.24) is 4.90 Å². The third kappa shape index (κ3) is 3.83. The van der Waals surface area contributed by atoms with Gasteiger partial charge < -0.3 is 25.2 Å². The van der Waals surface area contributed by atoms with E-state index in [9.17, 15) is 19.5 Å². The molecule has 0 unspecified atom stereocenters. The van der Waals surface area contributed by atoms with E-state index < -0.39 is 17.8 Å². The second-order valence-electron chi connectivity index (χ2n) is 5.37. The van der Waals surface area contributed by atoms with Crippen molar-refractivity contribution in [3.63, 3.8) is 0 Å². The molecule has 0 saturated carbocycles. The van der Waals surface area contributed by atoms with Crippen LogP contribution in [0.15, 0.2) is 27.9 Å². The highest BCUT2D eigenvalue weighted by molar-refractivity contribution is 9.10. The van der Waals surface area contributed by atoms with Crippen molar-refractivity contribution >= 4 is 39.5 Å². The van der Waals surface area contributed by atoms with Gasteiger partial charge in [0.25, 0.3) is 5.91 Å². The number of carboxylic acid groups (broad SMARTS) is 1. The number of aliphatic hydroxyl groups is 1. The molecule has 0 atom stereocenters. The fourth-order valence-electron chi connectivity index (χ4n) is 2.48. The lowest BCUT2D eigenvalue weighted by Crippen LogP contribution is -2.31. The van der Waals surface area contributed by atoms with Crippen LogP contribution in [-0.4, -0.2) is 59.8 Å². The lowest BCUT2D eigenvalue weighted by Gasteiger charge is -2.16. The molecular formula is C16H17BrN2O6. The van der Waals surface area contributed by atoms with E-state index in [4.69, 9.17) is 9.84 Å². The molecule has 2 rings (SSSR count). The Hall–Kier alpha value is -2.39. The van der Waals surface area contributed by atoms with Gasteiger partial charge in [0, 0.05) is 11.0 Å². The van der Waals surface area contributed by atoms with Crippen molar-refractivity contribution in [3.05, 3.63) is 39.0 Å². The Labute approximate surface area is 152 Å². The quantitative estimate of drug-likeness (QED) is 0.599. The number of esters is 1. The van der Waals surface area contributed by atoms with Crippen molar-refractivity contribution in [2.45, 2.75) is 6.92 Å². The molecule has 0 aromatic heterocycles.